The van der Waals surface area contributed by atoms with Gasteiger partial charge in [-0.2, -0.15) is 0 Å². The molecule has 136 valence electrons. The third-order valence-corrected chi connectivity index (χ3v) is 4.77. The lowest BCUT2D eigenvalue weighted by molar-refractivity contribution is -0.384. The van der Waals surface area contributed by atoms with Gasteiger partial charge in [-0.3, -0.25) is 15.0 Å². The Morgan fingerprint density at radius 2 is 1.69 bits per heavy atom. The number of nitrogens with zero attached hydrogens (tertiary/aromatic N) is 3. The van der Waals surface area contributed by atoms with Gasteiger partial charge in [0.05, 0.1) is 4.92 Å². The Morgan fingerprint density at radius 1 is 1.04 bits per heavy atom. The Morgan fingerprint density at radius 3 is 2.35 bits per heavy atom. The van der Waals surface area contributed by atoms with E-state index < -0.39 is 0 Å². The summed E-state index contributed by atoms with van der Waals surface area (Å²) < 4.78 is 10.6. The average molecular weight is 357 g/mol. The molecular formula is C18H19N3O5. The molecule has 0 aromatic heterocycles. The van der Waals surface area contributed by atoms with Gasteiger partial charge in [-0.25, -0.2) is 0 Å². The Labute approximate surface area is 150 Å². The molecule has 2 aromatic carbocycles. The highest BCUT2D eigenvalue weighted by Gasteiger charge is 2.21. The number of rotatable bonds is 4. The number of ether oxygens (including phenoxy) is 2. The lowest BCUT2D eigenvalue weighted by Crippen LogP contribution is -2.45. The molecular weight excluding hydrogens is 338 g/mol. The lowest BCUT2D eigenvalue weighted by Gasteiger charge is -2.36. The van der Waals surface area contributed by atoms with Gasteiger partial charge in [-0.05, 0) is 18.2 Å². The number of non-ortho nitro benzene ring substituents is 1. The molecule has 2 aromatic rings. The van der Waals surface area contributed by atoms with E-state index >= 15 is 0 Å². The zero-order valence-corrected chi connectivity index (χ0v) is 14.1. The molecule has 0 radical (unpaired) electrons. The summed E-state index contributed by atoms with van der Waals surface area (Å²) in [5.74, 6) is 1.46. The fourth-order valence-corrected chi connectivity index (χ4v) is 3.29. The van der Waals surface area contributed by atoms with Crippen LogP contribution < -0.4 is 14.4 Å². The molecule has 8 heteroatoms. The van der Waals surface area contributed by atoms with Crippen molar-refractivity contribution in [1.82, 2.24) is 4.90 Å². The van der Waals surface area contributed by atoms with Gasteiger partial charge in [0.2, 0.25) is 6.79 Å². The smallest absolute Gasteiger partial charge is 0.269 e. The van der Waals surface area contributed by atoms with Crippen molar-refractivity contribution < 1.29 is 19.5 Å². The Balaban J connectivity index is 1.37. The monoisotopic (exact) mass is 357 g/mol. The van der Waals surface area contributed by atoms with Gasteiger partial charge in [0, 0.05) is 62.2 Å². The number of benzene rings is 2. The lowest BCUT2D eigenvalue weighted by atomic mass is 10.1. The van der Waals surface area contributed by atoms with Crippen LogP contribution in [0.2, 0.25) is 0 Å². The van der Waals surface area contributed by atoms with E-state index in [-0.39, 0.29) is 23.2 Å². The number of aromatic hydroxyl groups is 1. The molecule has 0 bridgehead atoms. The number of hydrogen-bond acceptors (Lipinski definition) is 7. The van der Waals surface area contributed by atoms with Crippen LogP contribution in [0, 0.1) is 10.1 Å². The van der Waals surface area contributed by atoms with E-state index in [9.17, 15) is 15.2 Å². The third-order valence-electron chi connectivity index (χ3n) is 4.77. The van der Waals surface area contributed by atoms with Crippen molar-refractivity contribution in [2.45, 2.75) is 6.54 Å². The molecule has 1 saturated heterocycles. The molecule has 0 spiro atoms. The number of fused-ring (bicyclic) bond motifs is 1. The zero-order chi connectivity index (χ0) is 18.1. The fraction of sp³-hybridized carbons (Fsp3) is 0.333. The Bertz CT molecular complexity index is 816. The molecule has 2 aliphatic rings. The van der Waals surface area contributed by atoms with E-state index in [0.717, 1.165) is 37.4 Å². The second-order valence-electron chi connectivity index (χ2n) is 6.37. The van der Waals surface area contributed by atoms with Crippen LogP contribution in [0.5, 0.6) is 17.2 Å². The molecule has 0 atom stereocenters. The first-order valence-corrected chi connectivity index (χ1v) is 8.43. The van der Waals surface area contributed by atoms with E-state index in [2.05, 4.69) is 9.80 Å². The first kappa shape index (κ1) is 16.5. The first-order chi connectivity index (χ1) is 12.6. The van der Waals surface area contributed by atoms with E-state index in [0.29, 0.717) is 18.0 Å². The highest BCUT2D eigenvalue weighted by molar-refractivity contribution is 5.52. The van der Waals surface area contributed by atoms with E-state index in [4.69, 9.17) is 9.47 Å². The minimum absolute atomic E-state index is 0.102. The average Bonchev–Trinajstić information content (AvgIpc) is 3.10. The van der Waals surface area contributed by atoms with Crippen molar-refractivity contribution in [3.63, 3.8) is 0 Å². The van der Waals surface area contributed by atoms with Crippen LogP contribution in [0.25, 0.3) is 0 Å². The number of phenolic OH excluding ortho intramolecular Hbond substituents is 1. The second-order valence-corrected chi connectivity index (χ2v) is 6.37. The molecule has 1 fully saturated rings. The van der Waals surface area contributed by atoms with E-state index in [1.165, 1.54) is 12.1 Å². The van der Waals surface area contributed by atoms with Crippen molar-refractivity contribution in [2.24, 2.45) is 0 Å². The van der Waals surface area contributed by atoms with Crippen molar-refractivity contribution in [1.29, 1.82) is 0 Å². The highest BCUT2D eigenvalue weighted by atomic mass is 16.7. The minimum Gasteiger partial charge on any atom is -0.507 e. The number of phenols is 1. The van der Waals surface area contributed by atoms with Gasteiger partial charge in [0.25, 0.3) is 5.69 Å². The maximum Gasteiger partial charge on any atom is 0.269 e. The number of nitro benzene ring substituents is 1. The first-order valence-electron chi connectivity index (χ1n) is 8.43. The fourth-order valence-electron chi connectivity index (χ4n) is 3.29. The van der Waals surface area contributed by atoms with Gasteiger partial charge >= 0.3 is 0 Å². The topological polar surface area (TPSA) is 88.3 Å². The van der Waals surface area contributed by atoms with Gasteiger partial charge in [0.1, 0.15) is 5.75 Å². The number of hydrogen-bond donors (Lipinski definition) is 1. The molecule has 8 nitrogen and oxygen atoms in total. The molecule has 26 heavy (non-hydrogen) atoms. The van der Waals surface area contributed by atoms with E-state index in [1.54, 1.807) is 18.2 Å². The van der Waals surface area contributed by atoms with Crippen LogP contribution in [0.3, 0.4) is 0 Å². The van der Waals surface area contributed by atoms with Crippen LogP contribution in [-0.2, 0) is 6.54 Å². The predicted molar refractivity (Wildman–Crippen MR) is 94.8 cm³/mol. The molecule has 0 saturated carbocycles. The highest BCUT2D eigenvalue weighted by Crippen LogP contribution is 2.38. The minimum atomic E-state index is -0.389. The van der Waals surface area contributed by atoms with Crippen LogP contribution >= 0.6 is 0 Å². The summed E-state index contributed by atoms with van der Waals surface area (Å²) in [4.78, 5) is 14.8. The van der Waals surface area contributed by atoms with Gasteiger partial charge in [-0.1, -0.05) is 0 Å². The quantitative estimate of drug-likeness (QED) is 0.664. The number of piperazine rings is 1. The molecule has 0 aliphatic carbocycles. The number of nitro groups is 1. The Hall–Kier alpha value is -3.00. The molecule has 0 unspecified atom stereocenters. The summed E-state index contributed by atoms with van der Waals surface area (Å²) in [5, 5.41) is 20.9. The third kappa shape index (κ3) is 3.23. The predicted octanol–water partition coefficient (Wildman–Crippen LogP) is 2.35. The normalized spacial score (nSPS) is 16.7. The number of anilines is 1. The standard InChI is InChI=1S/C18H19N3O5/c22-16-10-18-17(25-12-26-18)9-13(16)11-19-5-7-20(8-6-19)14-1-3-15(4-2-14)21(23)24/h1-4,9-10,22H,5-8,11-12H2. The largest absolute Gasteiger partial charge is 0.507 e. The zero-order valence-electron chi connectivity index (χ0n) is 14.1. The van der Waals surface area contributed by atoms with Crippen LogP contribution in [0.15, 0.2) is 36.4 Å². The van der Waals surface area contributed by atoms with Crippen LogP contribution in [-0.4, -0.2) is 47.9 Å². The van der Waals surface area contributed by atoms with Gasteiger partial charge in [-0.15, -0.1) is 0 Å². The van der Waals surface area contributed by atoms with Crippen molar-refractivity contribution in [2.75, 3.05) is 37.9 Å². The van der Waals surface area contributed by atoms with Crippen molar-refractivity contribution in [3.8, 4) is 17.2 Å². The van der Waals surface area contributed by atoms with Gasteiger partial charge in [0.15, 0.2) is 11.5 Å². The maximum atomic E-state index is 10.8. The summed E-state index contributed by atoms with van der Waals surface area (Å²) >= 11 is 0. The van der Waals surface area contributed by atoms with Crippen molar-refractivity contribution in [3.05, 3.63) is 52.1 Å². The van der Waals surface area contributed by atoms with Crippen molar-refractivity contribution >= 4 is 11.4 Å². The summed E-state index contributed by atoms with van der Waals surface area (Å²) in [7, 11) is 0. The van der Waals surface area contributed by atoms with Crippen LogP contribution in [0.4, 0.5) is 11.4 Å². The molecule has 1 N–H and O–H groups in total. The summed E-state index contributed by atoms with van der Waals surface area (Å²) in [6.07, 6.45) is 0. The van der Waals surface area contributed by atoms with Gasteiger partial charge < -0.3 is 19.5 Å². The maximum absolute atomic E-state index is 10.8. The SMILES string of the molecule is O=[N+]([O-])c1ccc(N2CCN(Cc3cc4c(cc3O)OCO4)CC2)cc1. The molecule has 0 amide bonds. The summed E-state index contributed by atoms with van der Waals surface area (Å²) in [6.45, 7) is 4.14. The van der Waals surface area contributed by atoms with E-state index in [1.807, 2.05) is 6.07 Å². The Kier molecular flexibility index (Phi) is 4.26. The molecule has 2 aliphatic heterocycles. The summed E-state index contributed by atoms with van der Waals surface area (Å²) in [5.41, 5.74) is 1.91. The van der Waals surface area contributed by atoms with Crippen LogP contribution in [0.1, 0.15) is 5.56 Å². The second kappa shape index (κ2) is 6.72. The molecule has 2 heterocycles. The summed E-state index contributed by atoms with van der Waals surface area (Å²) in [6, 6.07) is 10.1. The molecule has 4 rings (SSSR count).